The number of alkyl halides is 1. The molecule has 0 amide bonds. The third kappa shape index (κ3) is 3.41. The van der Waals surface area contributed by atoms with Crippen LogP contribution in [0.25, 0.3) is 0 Å². The summed E-state index contributed by atoms with van der Waals surface area (Å²) < 4.78 is 12.8. The molecule has 1 unspecified atom stereocenters. The summed E-state index contributed by atoms with van der Waals surface area (Å²) in [5.41, 5.74) is 8.50. The summed E-state index contributed by atoms with van der Waals surface area (Å²) in [5.74, 6) is 0. The van der Waals surface area contributed by atoms with Crippen molar-refractivity contribution in [2.45, 2.75) is 26.2 Å². The van der Waals surface area contributed by atoms with Gasteiger partial charge in [0.2, 0.25) is 0 Å². The first-order chi connectivity index (χ1) is 12.2. The summed E-state index contributed by atoms with van der Waals surface area (Å²) in [7, 11) is 0. The van der Waals surface area contributed by atoms with Crippen LogP contribution >= 0.6 is 0 Å². The van der Waals surface area contributed by atoms with E-state index >= 15 is 0 Å². The SMILES string of the molecule is Cc1cccnc1C1C=C2CN(Cc3cccc(CF)n3)CCN2N1. The van der Waals surface area contributed by atoms with Crippen LogP contribution < -0.4 is 5.43 Å². The molecule has 0 radical (unpaired) electrons. The highest BCUT2D eigenvalue weighted by Gasteiger charge is 2.30. The summed E-state index contributed by atoms with van der Waals surface area (Å²) in [6, 6.07) is 9.76. The zero-order valence-corrected chi connectivity index (χ0v) is 14.3. The highest BCUT2D eigenvalue weighted by molar-refractivity contribution is 5.29. The number of hydrazine groups is 1. The highest BCUT2D eigenvalue weighted by Crippen LogP contribution is 2.27. The highest BCUT2D eigenvalue weighted by atomic mass is 19.1. The fraction of sp³-hybridized carbons (Fsp3) is 0.368. The number of pyridine rings is 2. The van der Waals surface area contributed by atoms with Crippen molar-refractivity contribution in [3.8, 4) is 0 Å². The molecule has 1 fully saturated rings. The van der Waals surface area contributed by atoms with Crippen LogP contribution in [0.5, 0.6) is 0 Å². The molecule has 4 rings (SSSR count). The van der Waals surface area contributed by atoms with Crippen molar-refractivity contribution in [2.24, 2.45) is 0 Å². The lowest BCUT2D eigenvalue weighted by Gasteiger charge is -2.35. The minimum atomic E-state index is -0.512. The Morgan fingerprint density at radius 1 is 1.20 bits per heavy atom. The normalized spacial score (nSPS) is 20.5. The largest absolute Gasteiger partial charge is 0.309 e. The van der Waals surface area contributed by atoms with Crippen LogP contribution in [0.3, 0.4) is 0 Å². The summed E-state index contributed by atoms with van der Waals surface area (Å²) in [5, 5.41) is 2.22. The van der Waals surface area contributed by atoms with Crippen molar-refractivity contribution >= 4 is 0 Å². The zero-order chi connectivity index (χ0) is 17.2. The molecular weight excluding hydrogens is 317 g/mol. The van der Waals surface area contributed by atoms with Gasteiger partial charge >= 0.3 is 0 Å². The van der Waals surface area contributed by atoms with Crippen LogP contribution in [0.15, 0.2) is 48.3 Å². The van der Waals surface area contributed by atoms with Crippen molar-refractivity contribution in [1.82, 2.24) is 25.3 Å². The summed E-state index contributed by atoms with van der Waals surface area (Å²) in [6.45, 7) is 5.04. The number of aryl methyl sites for hydroxylation is 1. The molecule has 2 aromatic heterocycles. The lowest BCUT2D eigenvalue weighted by Crippen LogP contribution is -2.47. The molecule has 25 heavy (non-hydrogen) atoms. The smallest absolute Gasteiger partial charge is 0.131 e. The Morgan fingerprint density at radius 3 is 2.92 bits per heavy atom. The molecule has 1 saturated heterocycles. The molecule has 2 aliphatic rings. The predicted molar refractivity (Wildman–Crippen MR) is 94.0 cm³/mol. The minimum Gasteiger partial charge on any atom is -0.309 e. The molecule has 0 aliphatic carbocycles. The van der Waals surface area contributed by atoms with Crippen LogP contribution in [-0.2, 0) is 13.2 Å². The number of hydrogen-bond acceptors (Lipinski definition) is 5. The topological polar surface area (TPSA) is 44.3 Å². The number of halogens is 1. The molecule has 0 spiro atoms. The van der Waals surface area contributed by atoms with Gasteiger partial charge in [0.25, 0.3) is 0 Å². The number of hydrogen-bond donors (Lipinski definition) is 1. The molecule has 0 bridgehead atoms. The molecule has 130 valence electrons. The van der Waals surface area contributed by atoms with Crippen molar-refractivity contribution in [2.75, 3.05) is 19.6 Å². The molecule has 2 aliphatic heterocycles. The maximum Gasteiger partial charge on any atom is 0.131 e. The average molecular weight is 339 g/mol. The van der Waals surface area contributed by atoms with E-state index < -0.39 is 6.67 Å². The van der Waals surface area contributed by atoms with Crippen LogP contribution in [-0.4, -0.2) is 39.5 Å². The lowest BCUT2D eigenvalue weighted by molar-refractivity contribution is 0.138. The lowest BCUT2D eigenvalue weighted by atomic mass is 10.1. The number of nitrogens with one attached hydrogen (secondary N) is 1. The van der Waals surface area contributed by atoms with Crippen molar-refractivity contribution in [3.63, 3.8) is 0 Å². The average Bonchev–Trinajstić information content (AvgIpc) is 3.05. The van der Waals surface area contributed by atoms with Gasteiger partial charge in [-0.2, -0.15) is 0 Å². The Balaban J connectivity index is 1.46. The Kier molecular flexibility index (Phi) is 4.46. The van der Waals surface area contributed by atoms with Gasteiger partial charge in [-0.15, -0.1) is 0 Å². The predicted octanol–water partition coefficient (Wildman–Crippen LogP) is 2.52. The first kappa shape index (κ1) is 16.2. The van der Waals surface area contributed by atoms with E-state index in [1.165, 1.54) is 11.3 Å². The maximum absolute atomic E-state index is 12.8. The van der Waals surface area contributed by atoms with Crippen LogP contribution in [0.2, 0.25) is 0 Å². The minimum absolute atomic E-state index is 0.129. The van der Waals surface area contributed by atoms with Gasteiger partial charge < -0.3 is 5.01 Å². The summed E-state index contributed by atoms with van der Waals surface area (Å²) in [6.07, 6.45) is 4.10. The van der Waals surface area contributed by atoms with E-state index in [4.69, 9.17) is 0 Å². The quantitative estimate of drug-likeness (QED) is 0.927. The van der Waals surface area contributed by atoms with Gasteiger partial charge in [-0.3, -0.25) is 14.9 Å². The number of piperazine rings is 1. The third-order valence-electron chi connectivity index (χ3n) is 4.76. The second-order valence-corrected chi connectivity index (χ2v) is 6.59. The van der Waals surface area contributed by atoms with Crippen molar-refractivity contribution < 1.29 is 4.39 Å². The van der Waals surface area contributed by atoms with Crippen LogP contribution in [0.1, 0.15) is 28.7 Å². The van der Waals surface area contributed by atoms with E-state index in [1.807, 2.05) is 24.4 Å². The van der Waals surface area contributed by atoms with Gasteiger partial charge in [0.15, 0.2) is 0 Å². The Morgan fingerprint density at radius 2 is 2.08 bits per heavy atom. The van der Waals surface area contributed by atoms with Gasteiger partial charge in [0.1, 0.15) is 6.67 Å². The second kappa shape index (κ2) is 6.90. The van der Waals surface area contributed by atoms with E-state index in [-0.39, 0.29) is 6.04 Å². The van der Waals surface area contributed by atoms with E-state index in [0.29, 0.717) is 5.69 Å². The van der Waals surface area contributed by atoms with Crippen molar-refractivity contribution in [3.05, 3.63) is 70.9 Å². The Bertz CT molecular complexity index is 791. The molecule has 5 nitrogen and oxygen atoms in total. The van der Waals surface area contributed by atoms with E-state index in [0.717, 1.165) is 37.6 Å². The molecule has 4 heterocycles. The molecular formula is C19H22FN5. The zero-order valence-electron chi connectivity index (χ0n) is 14.3. The van der Waals surface area contributed by atoms with E-state index in [9.17, 15) is 4.39 Å². The number of fused-ring (bicyclic) bond motifs is 1. The molecule has 0 saturated carbocycles. The van der Waals surface area contributed by atoms with Gasteiger partial charge in [-0.25, -0.2) is 9.82 Å². The fourth-order valence-corrected chi connectivity index (χ4v) is 3.49. The standard InChI is InChI=1S/C19H22FN5/c1-14-4-3-7-21-19(14)18-10-17-13-24(8-9-25(17)23-18)12-16-6-2-5-15(11-20)22-16/h2-7,10,18,23H,8-9,11-13H2,1H3. The monoisotopic (exact) mass is 339 g/mol. The van der Waals surface area contributed by atoms with Gasteiger partial charge in [0.05, 0.1) is 23.1 Å². The van der Waals surface area contributed by atoms with Crippen molar-refractivity contribution in [1.29, 1.82) is 0 Å². The van der Waals surface area contributed by atoms with Crippen LogP contribution in [0.4, 0.5) is 4.39 Å². The summed E-state index contributed by atoms with van der Waals surface area (Å²) >= 11 is 0. The van der Waals surface area contributed by atoms with Crippen LogP contribution in [0, 0.1) is 6.92 Å². The molecule has 6 heteroatoms. The molecule has 0 aromatic carbocycles. The third-order valence-corrected chi connectivity index (χ3v) is 4.76. The first-order valence-corrected chi connectivity index (χ1v) is 8.62. The maximum atomic E-state index is 12.8. The number of rotatable bonds is 4. The molecule has 1 N–H and O–H groups in total. The Labute approximate surface area is 147 Å². The number of aromatic nitrogens is 2. The van der Waals surface area contributed by atoms with E-state index in [2.05, 4.69) is 44.4 Å². The number of nitrogens with zero attached hydrogens (tertiary/aromatic N) is 4. The Hall–Kier alpha value is -2.31. The van der Waals surface area contributed by atoms with Gasteiger partial charge in [0, 0.05) is 38.1 Å². The molecule has 1 atom stereocenters. The van der Waals surface area contributed by atoms with Gasteiger partial charge in [-0.1, -0.05) is 12.1 Å². The van der Waals surface area contributed by atoms with E-state index in [1.54, 1.807) is 6.07 Å². The van der Waals surface area contributed by atoms with Gasteiger partial charge in [-0.05, 0) is 36.8 Å². The second-order valence-electron chi connectivity index (χ2n) is 6.59. The first-order valence-electron chi connectivity index (χ1n) is 8.62. The summed E-state index contributed by atoms with van der Waals surface area (Å²) in [4.78, 5) is 11.3. The fourth-order valence-electron chi connectivity index (χ4n) is 3.49. The molecule has 2 aromatic rings.